The van der Waals surface area contributed by atoms with E-state index in [-0.39, 0.29) is 48.0 Å². The van der Waals surface area contributed by atoms with Gasteiger partial charge in [-0.2, -0.15) is 5.10 Å². The summed E-state index contributed by atoms with van der Waals surface area (Å²) in [6.07, 6.45) is 0. The fraction of sp³-hybridized carbons (Fsp3) is 0.233. The summed E-state index contributed by atoms with van der Waals surface area (Å²) in [4.78, 5) is 28.2. The second-order valence-corrected chi connectivity index (χ2v) is 10.9. The van der Waals surface area contributed by atoms with Crippen LogP contribution in [-0.4, -0.2) is 46.7 Å². The molecule has 2 aliphatic heterocycles. The number of aromatic nitrogens is 2. The molecule has 0 aliphatic carbocycles. The summed E-state index contributed by atoms with van der Waals surface area (Å²) in [6.45, 7) is 3.71. The highest BCUT2D eigenvalue weighted by Gasteiger charge is 2.38. The largest absolute Gasteiger partial charge is 0.454 e. The molecule has 8 nitrogen and oxygen atoms in total. The third-order valence-corrected chi connectivity index (χ3v) is 7.91. The lowest BCUT2D eigenvalue weighted by molar-refractivity contribution is -0.123. The van der Waals surface area contributed by atoms with Crippen LogP contribution in [0, 0.1) is 5.82 Å². The van der Waals surface area contributed by atoms with E-state index in [0.29, 0.717) is 28.7 Å². The van der Waals surface area contributed by atoms with Crippen LogP contribution in [0.25, 0.3) is 16.9 Å². The van der Waals surface area contributed by atoms with Gasteiger partial charge in [0, 0.05) is 17.2 Å². The number of halogens is 1. The van der Waals surface area contributed by atoms with Crippen LogP contribution in [0.1, 0.15) is 30.2 Å². The van der Waals surface area contributed by atoms with Gasteiger partial charge in [0.15, 0.2) is 11.5 Å². The van der Waals surface area contributed by atoms with E-state index in [9.17, 15) is 14.0 Å². The third kappa shape index (κ3) is 4.90. The topological polar surface area (TPSA) is 85.7 Å². The van der Waals surface area contributed by atoms with Crippen LogP contribution in [0.2, 0.25) is 0 Å². The number of hydrogen-bond donors (Lipinski definition) is 1. The molecule has 1 atom stereocenters. The summed E-state index contributed by atoms with van der Waals surface area (Å²) < 4.78 is 26.8. The van der Waals surface area contributed by atoms with Crippen molar-refractivity contribution in [2.75, 3.05) is 24.0 Å². The molecule has 0 spiro atoms. The Kier molecular flexibility index (Phi) is 6.93. The maximum absolute atomic E-state index is 13.9. The number of carbonyl (C=O) groups is 2. The maximum atomic E-state index is 13.9. The van der Waals surface area contributed by atoms with Gasteiger partial charge in [-0.3, -0.25) is 14.5 Å². The minimum Gasteiger partial charge on any atom is -0.454 e. The third-order valence-electron chi connectivity index (χ3n) is 6.66. The van der Waals surface area contributed by atoms with E-state index in [0.717, 1.165) is 16.7 Å². The zero-order chi connectivity index (χ0) is 27.8. The van der Waals surface area contributed by atoms with Crippen LogP contribution >= 0.6 is 11.8 Å². The minimum absolute atomic E-state index is 0.0910. The van der Waals surface area contributed by atoms with Gasteiger partial charge < -0.3 is 14.8 Å². The molecule has 2 aliphatic rings. The summed E-state index contributed by atoms with van der Waals surface area (Å²) in [5.74, 6) is 1.02. The Labute approximate surface area is 235 Å². The van der Waals surface area contributed by atoms with Crippen LogP contribution in [0.5, 0.6) is 11.5 Å². The van der Waals surface area contributed by atoms with Crippen molar-refractivity contribution in [1.82, 2.24) is 15.1 Å². The SMILES string of the molecule is CC(C)NC(=O)CN1C(=O)CS[C@H](c2ccc3c(c2)OCO3)c2c(-c3ccccc3)nn(-c3ccc(F)cc3)c21. The molecule has 204 valence electrons. The van der Waals surface area contributed by atoms with E-state index >= 15 is 0 Å². The van der Waals surface area contributed by atoms with Gasteiger partial charge in [-0.1, -0.05) is 36.4 Å². The lowest BCUT2D eigenvalue weighted by atomic mass is 9.99. The van der Waals surface area contributed by atoms with E-state index in [1.54, 1.807) is 16.8 Å². The Bertz CT molecular complexity index is 1570. The van der Waals surface area contributed by atoms with E-state index in [1.807, 2.05) is 62.4 Å². The van der Waals surface area contributed by atoms with Crippen LogP contribution in [0.3, 0.4) is 0 Å². The number of amides is 2. The molecule has 0 radical (unpaired) electrons. The number of thioether (sulfide) groups is 1. The van der Waals surface area contributed by atoms with Crippen molar-refractivity contribution in [3.63, 3.8) is 0 Å². The number of anilines is 1. The van der Waals surface area contributed by atoms with E-state index in [4.69, 9.17) is 14.6 Å². The van der Waals surface area contributed by atoms with Gasteiger partial charge in [-0.25, -0.2) is 9.07 Å². The second kappa shape index (κ2) is 10.7. The minimum atomic E-state index is -0.386. The van der Waals surface area contributed by atoms with Crippen LogP contribution in [0.4, 0.5) is 10.2 Å². The normalized spacial score (nSPS) is 16.1. The fourth-order valence-electron chi connectivity index (χ4n) is 4.94. The number of ether oxygens (including phenoxy) is 2. The number of nitrogens with zero attached hydrogens (tertiary/aromatic N) is 3. The Morgan fingerprint density at radius 2 is 1.82 bits per heavy atom. The first-order valence-corrected chi connectivity index (χ1v) is 14.0. The average molecular weight is 559 g/mol. The molecular weight excluding hydrogens is 531 g/mol. The molecule has 2 amide bonds. The van der Waals surface area contributed by atoms with Gasteiger partial charge in [0.05, 0.1) is 22.4 Å². The molecule has 10 heteroatoms. The van der Waals surface area contributed by atoms with Gasteiger partial charge in [-0.05, 0) is 55.8 Å². The van der Waals surface area contributed by atoms with Gasteiger partial charge in [0.2, 0.25) is 18.6 Å². The number of hydrogen-bond acceptors (Lipinski definition) is 6. The van der Waals surface area contributed by atoms with Crippen LogP contribution in [0.15, 0.2) is 72.8 Å². The first-order valence-electron chi connectivity index (χ1n) is 12.9. The van der Waals surface area contributed by atoms with Crippen molar-refractivity contribution in [3.05, 3.63) is 89.7 Å². The van der Waals surface area contributed by atoms with Crippen LogP contribution < -0.4 is 19.7 Å². The van der Waals surface area contributed by atoms with Crippen molar-refractivity contribution in [2.24, 2.45) is 0 Å². The number of benzene rings is 3. The fourth-order valence-corrected chi connectivity index (χ4v) is 6.13. The molecule has 40 heavy (non-hydrogen) atoms. The lowest BCUT2D eigenvalue weighted by Crippen LogP contribution is -2.44. The van der Waals surface area contributed by atoms with Crippen molar-refractivity contribution < 1.29 is 23.5 Å². The van der Waals surface area contributed by atoms with Gasteiger partial charge in [-0.15, -0.1) is 11.8 Å². The zero-order valence-electron chi connectivity index (χ0n) is 22.0. The molecule has 1 N–H and O–H groups in total. The predicted molar refractivity (Wildman–Crippen MR) is 151 cm³/mol. The summed E-state index contributed by atoms with van der Waals surface area (Å²) in [6, 6.07) is 21.3. The summed E-state index contributed by atoms with van der Waals surface area (Å²) >= 11 is 1.47. The lowest BCUT2D eigenvalue weighted by Gasteiger charge is -2.23. The average Bonchev–Trinajstić information content (AvgIpc) is 3.54. The quantitative estimate of drug-likeness (QED) is 0.355. The number of carbonyl (C=O) groups excluding carboxylic acids is 2. The molecule has 0 saturated heterocycles. The number of rotatable bonds is 6. The Hall–Kier alpha value is -4.31. The van der Waals surface area contributed by atoms with E-state index in [1.165, 1.54) is 28.8 Å². The molecule has 6 rings (SSSR count). The highest BCUT2D eigenvalue weighted by Crippen LogP contribution is 2.50. The molecule has 0 unspecified atom stereocenters. The highest BCUT2D eigenvalue weighted by atomic mass is 32.2. The highest BCUT2D eigenvalue weighted by molar-refractivity contribution is 8.00. The summed E-state index contributed by atoms with van der Waals surface area (Å²) in [5, 5.41) is 7.57. The molecule has 1 aromatic heterocycles. The van der Waals surface area contributed by atoms with Gasteiger partial charge in [0.1, 0.15) is 18.2 Å². The molecule has 3 heterocycles. The molecule has 0 fully saturated rings. The van der Waals surface area contributed by atoms with Crippen molar-refractivity contribution in [1.29, 1.82) is 0 Å². The molecule has 4 aromatic rings. The standard InChI is InChI=1S/C30H27FN4O4S/c1-18(2)32-25(36)15-34-26(37)16-40-29(20-8-13-23-24(14-20)39-17-38-23)27-28(19-6-4-3-5-7-19)33-35(30(27)34)22-11-9-21(31)10-12-22/h3-14,18,29H,15-17H2,1-2H3,(H,32,36)/t29-/m1/s1. The van der Waals surface area contributed by atoms with Gasteiger partial charge in [0.25, 0.3) is 0 Å². The Morgan fingerprint density at radius 3 is 2.58 bits per heavy atom. The predicted octanol–water partition coefficient (Wildman–Crippen LogP) is 5.10. The monoisotopic (exact) mass is 558 g/mol. The second-order valence-electron chi connectivity index (χ2n) is 9.85. The van der Waals surface area contributed by atoms with E-state index in [2.05, 4.69) is 5.32 Å². The first-order chi connectivity index (χ1) is 19.4. The molecule has 0 saturated carbocycles. The first kappa shape index (κ1) is 25.9. The maximum Gasteiger partial charge on any atom is 0.240 e. The molecule has 0 bridgehead atoms. The number of nitrogens with one attached hydrogen (secondary N) is 1. The van der Waals surface area contributed by atoms with Crippen LogP contribution in [-0.2, 0) is 9.59 Å². The Balaban J connectivity index is 1.60. The number of fused-ring (bicyclic) bond motifs is 2. The van der Waals surface area contributed by atoms with Crippen molar-refractivity contribution in [3.8, 4) is 28.4 Å². The van der Waals surface area contributed by atoms with E-state index < -0.39 is 0 Å². The zero-order valence-corrected chi connectivity index (χ0v) is 22.8. The Morgan fingerprint density at radius 1 is 1.07 bits per heavy atom. The molecule has 3 aromatic carbocycles. The summed E-state index contributed by atoms with van der Waals surface area (Å²) in [5.41, 5.74) is 3.78. The molecular formula is C30H27FN4O4S. The summed E-state index contributed by atoms with van der Waals surface area (Å²) in [7, 11) is 0. The van der Waals surface area contributed by atoms with Crippen molar-refractivity contribution in [2.45, 2.75) is 25.1 Å². The van der Waals surface area contributed by atoms with Crippen molar-refractivity contribution >= 4 is 29.4 Å². The van der Waals surface area contributed by atoms with Gasteiger partial charge >= 0.3 is 0 Å². The smallest absolute Gasteiger partial charge is 0.240 e.